The first-order chi connectivity index (χ1) is 8.16. The van der Waals surface area contributed by atoms with Crippen LogP contribution in [-0.2, 0) is 9.53 Å². The molecule has 0 spiro atoms. The second-order valence-electron chi connectivity index (χ2n) is 4.13. The fourth-order valence-electron chi connectivity index (χ4n) is 1.82. The zero-order valence-electron chi connectivity index (χ0n) is 9.73. The third-order valence-electron chi connectivity index (χ3n) is 2.76. The summed E-state index contributed by atoms with van der Waals surface area (Å²) in [5, 5.41) is 2.76. The summed E-state index contributed by atoms with van der Waals surface area (Å²) in [5.41, 5.74) is 1.23. The first-order valence-corrected chi connectivity index (χ1v) is 5.70. The molecule has 1 aliphatic heterocycles. The highest BCUT2D eigenvalue weighted by atomic mass is 16.5. The van der Waals surface area contributed by atoms with Gasteiger partial charge < -0.3 is 10.1 Å². The fourth-order valence-corrected chi connectivity index (χ4v) is 1.82. The SMILES string of the molecule is CC(=O)c1cccc(NC(=O)[C@@H]2CCCO2)c1. The van der Waals surface area contributed by atoms with E-state index in [1.54, 1.807) is 24.3 Å². The Hall–Kier alpha value is -1.68. The Labute approximate surface area is 100.0 Å². The van der Waals surface area contributed by atoms with Crippen LogP contribution in [0.2, 0.25) is 0 Å². The summed E-state index contributed by atoms with van der Waals surface area (Å²) in [4.78, 5) is 23.0. The number of ketones is 1. The highest BCUT2D eigenvalue weighted by molar-refractivity contribution is 5.98. The van der Waals surface area contributed by atoms with Crippen molar-refractivity contribution in [3.63, 3.8) is 0 Å². The van der Waals surface area contributed by atoms with Crippen molar-refractivity contribution in [1.29, 1.82) is 0 Å². The summed E-state index contributed by atoms with van der Waals surface area (Å²) in [6.45, 7) is 2.15. The number of rotatable bonds is 3. The number of anilines is 1. The summed E-state index contributed by atoms with van der Waals surface area (Å²) >= 11 is 0. The summed E-state index contributed by atoms with van der Waals surface area (Å²) in [5.74, 6) is -0.151. The van der Waals surface area contributed by atoms with Gasteiger partial charge in [-0.1, -0.05) is 12.1 Å². The molecule has 1 fully saturated rings. The van der Waals surface area contributed by atoms with E-state index in [2.05, 4.69) is 5.32 Å². The number of benzene rings is 1. The van der Waals surface area contributed by atoms with Crippen LogP contribution in [0.3, 0.4) is 0 Å². The average molecular weight is 233 g/mol. The van der Waals surface area contributed by atoms with Gasteiger partial charge in [0.05, 0.1) is 0 Å². The van der Waals surface area contributed by atoms with E-state index in [4.69, 9.17) is 4.74 Å². The van der Waals surface area contributed by atoms with E-state index >= 15 is 0 Å². The molecule has 1 N–H and O–H groups in total. The van der Waals surface area contributed by atoms with Crippen LogP contribution in [-0.4, -0.2) is 24.4 Å². The van der Waals surface area contributed by atoms with Crippen LogP contribution in [0.15, 0.2) is 24.3 Å². The van der Waals surface area contributed by atoms with Gasteiger partial charge in [0, 0.05) is 17.9 Å². The van der Waals surface area contributed by atoms with Crippen molar-refractivity contribution in [3.8, 4) is 0 Å². The molecule has 2 rings (SSSR count). The first kappa shape index (κ1) is 11.8. The van der Waals surface area contributed by atoms with Gasteiger partial charge >= 0.3 is 0 Å². The Kier molecular flexibility index (Phi) is 3.54. The molecule has 4 nitrogen and oxygen atoms in total. The Morgan fingerprint density at radius 2 is 2.24 bits per heavy atom. The van der Waals surface area contributed by atoms with E-state index in [9.17, 15) is 9.59 Å². The van der Waals surface area contributed by atoms with Gasteiger partial charge in [0.1, 0.15) is 6.10 Å². The minimum absolute atomic E-state index is 0.0155. The predicted octanol–water partition coefficient (Wildman–Crippen LogP) is 2.01. The summed E-state index contributed by atoms with van der Waals surface area (Å²) in [6.07, 6.45) is 1.33. The summed E-state index contributed by atoms with van der Waals surface area (Å²) in [7, 11) is 0. The minimum Gasteiger partial charge on any atom is -0.368 e. The summed E-state index contributed by atoms with van der Waals surface area (Å²) in [6, 6.07) is 6.92. The largest absolute Gasteiger partial charge is 0.368 e. The molecule has 0 aromatic heterocycles. The van der Waals surface area contributed by atoms with Crippen molar-refractivity contribution < 1.29 is 14.3 Å². The van der Waals surface area contributed by atoms with E-state index in [1.807, 2.05) is 0 Å². The average Bonchev–Trinajstić information content (AvgIpc) is 2.82. The van der Waals surface area contributed by atoms with Gasteiger partial charge in [-0.15, -0.1) is 0 Å². The maximum atomic E-state index is 11.8. The molecule has 0 bridgehead atoms. The smallest absolute Gasteiger partial charge is 0.253 e. The maximum Gasteiger partial charge on any atom is 0.253 e. The van der Waals surface area contributed by atoms with Gasteiger partial charge in [0.15, 0.2) is 5.78 Å². The Bertz CT molecular complexity index is 436. The van der Waals surface area contributed by atoms with E-state index < -0.39 is 0 Å². The van der Waals surface area contributed by atoms with Crippen molar-refractivity contribution in [2.75, 3.05) is 11.9 Å². The van der Waals surface area contributed by atoms with Crippen LogP contribution in [0.25, 0.3) is 0 Å². The number of carbonyl (C=O) groups excluding carboxylic acids is 2. The molecule has 90 valence electrons. The lowest BCUT2D eigenvalue weighted by atomic mass is 10.1. The highest BCUT2D eigenvalue weighted by Crippen LogP contribution is 2.16. The summed E-state index contributed by atoms with van der Waals surface area (Å²) < 4.78 is 5.29. The van der Waals surface area contributed by atoms with Gasteiger partial charge in [-0.3, -0.25) is 9.59 Å². The van der Waals surface area contributed by atoms with Crippen LogP contribution < -0.4 is 5.32 Å². The number of nitrogens with one attached hydrogen (secondary N) is 1. The third-order valence-corrected chi connectivity index (χ3v) is 2.76. The molecule has 1 atom stereocenters. The van der Waals surface area contributed by atoms with Gasteiger partial charge in [-0.05, 0) is 31.9 Å². The second kappa shape index (κ2) is 5.10. The van der Waals surface area contributed by atoms with Crippen LogP contribution in [0.5, 0.6) is 0 Å². The van der Waals surface area contributed by atoms with Crippen LogP contribution in [0.1, 0.15) is 30.1 Å². The third kappa shape index (κ3) is 2.91. The quantitative estimate of drug-likeness (QED) is 0.812. The lowest BCUT2D eigenvalue weighted by Crippen LogP contribution is -2.26. The molecule has 1 saturated heterocycles. The molecular formula is C13H15NO3. The fraction of sp³-hybridized carbons (Fsp3) is 0.385. The molecule has 0 saturated carbocycles. The number of hydrogen-bond donors (Lipinski definition) is 1. The molecule has 1 aliphatic rings. The van der Waals surface area contributed by atoms with Crippen LogP contribution >= 0.6 is 0 Å². The standard InChI is InChI=1S/C13H15NO3/c1-9(15)10-4-2-5-11(8-10)14-13(16)12-6-3-7-17-12/h2,4-5,8,12H,3,6-7H2,1H3,(H,14,16)/t12-/m0/s1. The lowest BCUT2D eigenvalue weighted by Gasteiger charge is -2.10. The Balaban J connectivity index is 2.05. The molecule has 1 aromatic rings. The molecule has 0 unspecified atom stereocenters. The topological polar surface area (TPSA) is 55.4 Å². The highest BCUT2D eigenvalue weighted by Gasteiger charge is 2.23. The number of hydrogen-bond acceptors (Lipinski definition) is 3. The molecule has 17 heavy (non-hydrogen) atoms. The molecule has 0 aliphatic carbocycles. The molecule has 1 amide bonds. The van der Waals surface area contributed by atoms with Gasteiger partial charge in [-0.25, -0.2) is 0 Å². The minimum atomic E-state index is -0.351. The van der Waals surface area contributed by atoms with Crippen molar-refractivity contribution in [1.82, 2.24) is 0 Å². The monoisotopic (exact) mass is 233 g/mol. The maximum absolute atomic E-state index is 11.8. The van der Waals surface area contributed by atoms with E-state index in [1.165, 1.54) is 6.92 Å². The second-order valence-corrected chi connectivity index (χ2v) is 4.13. The van der Waals surface area contributed by atoms with Gasteiger partial charge in [0.25, 0.3) is 5.91 Å². The predicted molar refractivity (Wildman–Crippen MR) is 64.1 cm³/mol. The molecule has 0 radical (unpaired) electrons. The number of carbonyl (C=O) groups is 2. The molecular weight excluding hydrogens is 218 g/mol. The molecule has 1 aromatic carbocycles. The normalized spacial score (nSPS) is 19.0. The van der Waals surface area contributed by atoms with E-state index in [0.717, 1.165) is 12.8 Å². The first-order valence-electron chi connectivity index (χ1n) is 5.70. The van der Waals surface area contributed by atoms with Crippen LogP contribution in [0.4, 0.5) is 5.69 Å². The number of ether oxygens (including phenoxy) is 1. The van der Waals surface area contributed by atoms with Crippen molar-refractivity contribution >= 4 is 17.4 Å². The zero-order valence-corrected chi connectivity index (χ0v) is 9.73. The van der Waals surface area contributed by atoms with E-state index in [0.29, 0.717) is 17.9 Å². The lowest BCUT2D eigenvalue weighted by molar-refractivity contribution is -0.124. The van der Waals surface area contributed by atoms with Crippen molar-refractivity contribution in [2.24, 2.45) is 0 Å². The van der Waals surface area contributed by atoms with Crippen LogP contribution in [0, 0.1) is 0 Å². The molecule has 1 heterocycles. The van der Waals surface area contributed by atoms with E-state index in [-0.39, 0.29) is 17.8 Å². The Morgan fingerprint density at radius 1 is 1.41 bits per heavy atom. The van der Waals surface area contributed by atoms with Gasteiger partial charge in [-0.2, -0.15) is 0 Å². The Morgan fingerprint density at radius 3 is 2.88 bits per heavy atom. The number of amides is 1. The number of Topliss-reactive ketones (excluding diaryl/α,β-unsaturated/α-hetero) is 1. The van der Waals surface area contributed by atoms with Crippen molar-refractivity contribution in [2.45, 2.75) is 25.9 Å². The van der Waals surface area contributed by atoms with Gasteiger partial charge in [0.2, 0.25) is 0 Å². The molecule has 4 heteroatoms. The zero-order chi connectivity index (χ0) is 12.3. The van der Waals surface area contributed by atoms with Crippen molar-refractivity contribution in [3.05, 3.63) is 29.8 Å².